The molecule has 0 aliphatic carbocycles. The number of nitrogens with one attached hydrogen (secondary N) is 1. The highest BCUT2D eigenvalue weighted by atomic mass is 32.1. The summed E-state index contributed by atoms with van der Waals surface area (Å²) in [6, 6.07) is 0. The van der Waals surface area contributed by atoms with Crippen molar-refractivity contribution in [1.82, 2.24) is 14.8 Å². The van der Waals surface area contributed by atoms with Crippen LogP contribution in [-0.4, -0.2) is 54.3 Å². The zero-order valence-corrected chi connectivity index (χ0v) is 11.3. The normalized spacial score (nSPS) is 14.5. The third-order valence-corrected chi connectivity index (χ3v) is 3.73. The van der Waals surface area contributed by atoms with E-state index in [2.05, 4.69) is 10.3 Å². The molecule has 2 heterocycles. The van der Waals surface area contributed by atoms with Crippen LogP contribution in [0.5, 0.6) is 0 Å². The van der Waals surface area contributed by atoms with E-state index in [0.717, 1.165) is 17.0 Å². The Kier molecular flexibility index (Phi) is 3.93. The van der Waals surface area contributed by atoms with E-state index in [1.807, 2.05) is 23.9 Å². The number of rotatable bonds is 4. The number of carbonyl (C=O) groups excluding carboxylic acids is 2. The molecule has 18 heavy (non-hydrogen) atoms. The highest BCUT2D eigenvalue weighted by Crippen LogP contribution is 2.27. The largest absolute Gasteiger partial charge is 0.336 e. The number of likely N-dealkylation sites (N-methyl/N-ethyl adjacent to an activating group) is 1. The fourth-order valence-corrected chi connectivity index (χ4v) is 2.87. The van der Waals surface area contributed by atoms with Crippen molar-refractivity contribution in [1.29, 1.82) is 0 Å². The lowest BCUT2D eigenvalue weighted by Gasteiger charge is -2.27. The topological polar surface area (TPSA) is 65.5 Å². The van der Waals surface area contributed by atoms with Gasteiger partial charge in [0, 0.05) is 17.8 Å². The second kappa shape index (κ2) is 5.45. The fraction of sp³-hybridized carbons (Fsp3) is 0.545. The van der Waals surface area contributed by atoms with Crippen LogP contribution in [0.25, 0.3) is 0 Å². The number of hydrogen-bond donors (Lipinski definition) is 1. The van der Waals surface area contributed by atoms with Crippen LogP contribution in [0.4, 0.5) is 5.13 Å². The molecular weight excluding hydrogens is 252 g/mol. The van der Waals surface area contributed by atoms with Gasteiger partial charge in [-0.1, -0.05) is 11.3 Å². The van der Waals surface area contributed by atoms with Crippen molar-refractivity contribution < 1.29 is 9.59 Å². The highest BCUT2D eigenvalue weighted by molar-refractivity contribution is 7.15. The van der Waals surface area contributed by atoms with Gasteiger partial charge in [0.05, 0.1) is 18.8 Å². The van der Waals surface area contributed by atoms with Crippen molar-refractivity contribution in [2.45, 2.75) is 13.0 Å². The molecule has 1 aliphatic heterocycles. The minimum atomic E-state index is 0.129. The monoisotopic (exact) mass is 268 g/mol. The Morgan fingerprint density at radius 2 is 2.39 bits per heavy atom. The minimum Gasteiger partial charge on any atom is -0.336 e. The van der Waals surface area contributed by atoms with Crippen LogP contribution in [-0.2, 0) is 22.6 Å². The van der Waals surface area contributed by atoms with Gasteiger partial charge in [0.15, 0.2) is 5.13 Å². The first-order chi connectivity index (χ1) is 8.60. The van der Waals surface area contributed by atoms with Crippen LogP contribution >= 0.6 is 11.3 Å². The lowest BCUT2D eigenvalue weighted by molar-refractivity contribution is -0.132. The van der Waals surface area contributed by atoms with Crippen LogP contribution in [0.1, 0.15) is 10.6 Å². The van der Waals surface area contributed by atoms with Gasteiger partial charge in [-0.15, -0.1) is 0 Å². The van der Waals surface area contributed by atoms with Crippen LogP contribution in [0.15, 0.2) is 0 Å². The average molecular weight is 268 g/mol. The van der Waals surface area contributed by atoms with Gasteiger partial charge in [-0.25, -0.2) is 4.98 Å². The summed E-state index contributed by atoms with van der Waals surface area (Å²) < 4.78 is 0. The third kappa shape index (κ3) is 2.85. The summed E-state index contributed by atoms with van der Waals surface area (Å²) >= 11 is 1.44. The summed E-state index contributed by atoms with van der Waals surface area (Å²) in [5, 5.41) is 3.16. The maximum atomic E-state index is 11.9. The zero-order chi connectivity index (χ0) is 13.1. The Hall–Kier alpha value is -1.47. The predicted molar refractivity (Wildman–Crippen MR) is 69.5 cm³/mol. The molecule has 98 valence electrons. The number of carbonyl (C=O) groups is 2. The molecule has 1 aromatic heterocycles. The van der Waals surface area contributed by atoms with Crippen LogP contribution in [0, 0.1) is 0 Å². The molecule has 6 nitrogen and oxygen atoms in total. The van der Waals surface area contributed by atoms with Gasteiger partial charge in [0.2, 0.25) is 12.3 Å². The summed E-state index contributed by atoms with van der Waals surface area (Å²) in [5.41, 5.74) is 0.998. The molecule has 7 heteroatoms. The van der Waals surface area contributed by atoms with Gasteiger partial charge >= 0.3 is 0 Å². The lowest BCUT2D eigenvalue weighted by atomic mass is 10.2. The van der Waals surface area contributed by atoms with Crippen LogP contribution in [0.3, 0.4) is 0 Å². The maximum Gasteiger partial charge on any atom is 0.237 e. The van der Waals surface area contributed by atoms with Gasteiger partial charge in [-0.2, -0.15) is 0 Å². The Labute approximate surface area is 110 Å². The molecule has 1 aliphatic rings. The number of amides is 2. The molecular formula is C11H16N4O2S. The van der Waals surface area contributed by atoms with Crippen LogP contribution < -0.4 is 5.32 Å². The number of fused-ring (bicyclic) bond motifs is 1. The van der Waals surface area contributed by atoms with Crippen LogP contribution in [0.2, 0.25) is 0 Å². The Morgan fingerprint density at radius 3 is 3.06 bits per heavy atom. The van der Waals surface area contributed by atoms with Crippen molar-refractivity contribution in [2.24, 2.45) is 0 Å². The molecule has 0 aromatic carbocycles. The second-order valence-corrected chi connectivity index (χ2v) is 5.54. The Bertz CT molecular complexity index is 458. The van der Waals surface area contributed by atoms with Crippen molar-refractivity contribution in [3.05, 3.63) is 10.6 Å². The smallest absolute Gasteiger partial charge is 0.237 e. The van der Waals surface area contributed by atoms with Crippen molar-refractivity contribution >= 4 is 28.8 Å². The predicted octanol–water partition coefficient (Wildman–Crippen LogP) is 0.158. The van der Waals surface area contributed by atoms with Crippen molar-refractivity contribution in [3.8, 4) is 0 Å². The molecule has 2 rings (SSSR count). The average Bonchev–Trinajstić information content (AvgIpc) is 2.69. The SMILES string of the molecule is CN(C)CC(=O)N1CCc2nc(NC=O)sc2C1. The van der Waals surface area contributed by atoms with E-state index in [4.69, 9.17) is 0 Å². The van der Waals surface area contributed by atoms with Gasteiger partial charge in [0.25, 0.3) is 0 Å². The summed E-state index contributed by atoms with van der Waals surface area (Å²) in [4.78, 5) is 31.4. The molecule has 0 saturated carbocycles. The molecule has 0 spiro atoms. The van der Waals surface area contributed by atoms with Crippen molar-refractivity contribution in [2.75, 3.05) is 32.5 Å². The van der Waals surface area contributed by atoms with Gasteiger partial charge in [-0.3, -0.25) is 9.59 Å². The molecule has 1 N–H and O–H groups in total. The van der Waals surface area contributed by atoms with E-state index < -0.39 is 0 Å². The number of aromatic nitrogens is 1. The number of hydrogen-bond acceptors (Lipinski definition) is 5. The molecule has 0 unspecified atom stereocenters. The Balaban J connectivity index is 2.05. The first-order valence-electron chi connectivity index (χ1n) is 5.71. The number of thiazole rings is 1. The lowest BCUT2D eigenvalue weighted by Crippen LogP contribution is -2.40. The molecule has 0 saturated heterocycles. The first-order valence-corrected chi connectivity index (χ1v) is 6.53. The van der Waals surface area contributed by atoms with Gasteiger partial charge < -0.3 is 15.1 Å². The minimum absolute atomic E-state index is 0.129. The van der Waals surface area contributed by atoms with E-state index in [1.54, 1.807) is 0 Å². The maximum absolute atomic E-state index is 11.9. The molecule has 1 aromatic rings. The van der Waals surface area contributed by atoms with Gasteiger partial charge in [-0.05, 0) is 14.1 Å². The summed E-state index contributed by atoms with van der Waals surface area (Å²) in [6.07, 6.45) is 1.38. The van der Waals surface area contributed by atoms with E-state index in [-0.39, 0.29) is 5.91 Å². The second-order valence-electron chi connectivity index (χ2n) is 4.45. The Morgan fingerprint density at radius 1 is 1.61 bits per heavy atom. The molecule has 0 fully saturated rings. The molecule has 0 atom stereocenters. The van der Waals surface area contributed by atoms with Gasteiger partial charge in [0.1, 0.15) is 0 Å². The molecule has 0 radical (unpaired) electrons. The third-order valence-electron chi connectivity index (χ3n) is 2.72. The van der Waals surface area contributed by atoms with Crippen molar-refractivity contribution in [3.63, 3.8) is 0 Å². The number of nitrogens with zero attached hydrogens (tertiary/aromatic N) is 3. The quantitative estimate of drug-likeness (QED) is 0.790. The fourth-order valence-electron chi connectivity index (χ4n) is 1.89. The van der Waals surface area contributed by atoms with E-state index >= 15 is 0 Å². The van der Waals surface area contributed by atoms with E-state index in [1.165, 1.54) is 11.3 Å². The standard InChI is InChI=1S/C11H16N4O2S/c1-14(2)6-10(17)15-4-3-8-9(5-15)18-11(13-8)12-7-16/h7H,3-6H2,1-2H3,(H,12,13,16). The molecule has 0 bridgehead atoms. The number of anilines is 1. The highest BCUT2D eigenvalue weighted by Gasteiger charge is 2.24. The molecule has 2 amide bonds. The summed E-state index contributed by atoms with van der Waals surface area (Å²) in [5.74, 6) is 0.129. The summed E-state index contributed by atoms with van der Waals surface area (Å²) in [6.45, 7) is 1.72. The van der Waals surface area contributed by atoms with E-state index in [9.17, 15) is 9.59 Å². The first kappa shape index (κ1) is 13.0. The summed E-state index contributed by atoms with van der Waals surface area (Å²) in [7, 11) is 3.76. The van der Waals surface area contributed by atoms with E-state index in [0.29, 0.717) is 31.2 Å². The zero-order valence-electron chi connectivity index (χ0n) is 10.5.